The molecule has 2 aromatic carbocycles. The van der Waals surface area contributed by atoms with Gasteiger partial charge in [0, 0.05) is 0 Å². The summed E-state index contributed by atoms with van der Waals surface area (Å²) in [7, 11) is 0. The number of nitrogens with zero attached hydrogens (tertiary/aromatic N) is 2. The van der Waals surface area contributed by atoms with E-state index in [1.54, 1.807) is 6.92 Å². The van der Waals surface area contributed by atoms with E-state index in [4.69, 9.17) is 9.47 Å². The zero-order valence-electron chi connectivity index (χ0n) is 17.3. The fraction of sp³-hybridized carbons (Fsp3) is 0.208. The highest BCUT2D eigenvalue weighted by atomic mass is 32.1. The molecule has 0 aliphatic rings. The van der Waals surface area contributed by atoms with E-state index < -0.39 is 5.97 Å². The van der Waals surface area contributed by atoms with Gasteiger partial charge in [-0.3, -0.25) is 9.36 Å². The SMILES string of the molecule is Cc1cccc(OCCn2cnc3sc(C(=O)OCc4ccccc4)c(C)c3c2=O)c1. The van der Waals surface area contributed by atoms with Crippen LogP contribution in [0.3, 0.4) is 0 Å². The Morgan fingerprint density at radius 2 is 1.90 bits per heavy atom. The summed E-state index contributed by atoms with van der Waals surface area (Å²) in [6, 6.07) is 17.2. The summed E-state index contributed by atoms with van der Waals surface area (Å²) in [4.78, 5) is 30.9. The molecule has 0 radical (unpaired) electrons. The molecule has 0 spiro atoms. The minimum atomic E-state index is -0.446. The average molecular weight is 435 g/mol. The van der Waals surface area contributed by atoms with Gasteiger partial charge in [0.05, 0.1) is 18.3 Å². The molecule has 7 heteroatoms. The fourth-order valence-electron chi connectivity index (χ4n) is 3.27. The van der Waals surface area contributed by atoms with Gasteiger partial charge in [-0.1, -0.05) is 42.5 Å². The van der Waals surface area contributed by atoms with Crippen LogP contribution in [-0.2, 0) is 17.9 Å². The molecule has 4 rings (SSSR count). The lowest BCUT2D eigenvalue weighted by Crippen LogP contribution is -2.23. The minimum absolute atomic E-state index is 0.182. The number of benzene rings is 2. The molecule has 2 heterocycles. The Balaban J connectivity index is 1.49. The Morgan fingerprint density at radius 3 is 2.68 bits per heavy atom. The van der Waals surface area contributed by atoms with Crippen molar-refractivity contribution in [2.45, 2.75) is 27.0 Å². The number of carbonyl (C=O) groups is 1. The molecule has 0 saturated carbocycles. The lowest BCUT2D eigenvalue weighted by molar-refractivity contribution is 0.0478. The first-order valence-electron chi connectivity index (χ1n) is 9.92. The molecule has 4 aromatic rings. The van der Waals surface area contributed by atoms with Gasteiger partial charge in [0.1, 0.15) is 28.7 Å². The van der Waals surface area contributed by atoms with Gasteiger partial charge in [0.15, 0.2) is 0 Å². The van der Waals surface area contributed by atoms with Crippen molar-refractivity contribution in [3.8, 4) is 5.75 Å². The largest absolute Gasteiger partial charge is 0.492 e. The molecule has 31 heavy (non-hydrogen) atoms. The van der Waals surface area contributed by atoms with Gasteiger partial charge in [-0.05, 0) is 42.7 Å². The normalized spacial score (nSPS) is 10.9. The summed E-state index contributed by atoms with van der Waals surface area (Å²) < 4.78 is 12.7. The Morgan fingerprint density at radius 1 is 1.10 bits per heavy atom. The zero-order chi connectivity index (χ0) is 21.8. The second-order valence-corrected chi connectivity index (χ2v) is 8.21. The van der Waals surface area contributed by atoms with Crippen LogP contribution in [0.5, 0.6) is 5.75 Å². The number of esters is 1. The third-order valence-corrected chi connectivity index (χ3v) is 6.09. The molecule has 0 aliphatic heterocycles. The number of hydrogen-bond donors (Lipinski definition) is 0. The van der Waals surface area contributed by atoms with Crippen LogP contribution in [0.25, 0.3) is 10.2 Å². The van der Waals surface area contributed by atoms with Crippen LogP contribution in [0.15, 0.2) is 65.7 Å². The average Bonchev–Trinajstić information content (AvgIpc) is 3.12. The van der Waals surface area contributed by atoms with E-state index in [2.05, 4.69) is 4.98 Å². The smallest absolute Gasteiger partial charge is 0.349 e. The molecule has 0 amide bonds. The topological polar surface area (TPSA) is 70.4 Å². The van der Waals surface area contributed by atoms with Crippen molar-refractivity contribution in [2.24, 2.45) is 0 Å². The molecule has 0 saturated heterocycles. The quantitative estimate of drug-likeness (QED) is 0.400. The number of hydrogen-bond acceptors (Lipinski definition) is 6. The molecule has 2 aromatic heterocycles. The number of carbonyl (C=O) groups excluding carboxylic acids is 1. The molecule has 0 unspecified atom stereocenters. The predicted octanol–water partition coefficient (Wildman–Crippen LogP) is 4.51. The number of thiophene rings is 1. The fourth-order valence-corrected chi connectivity index (χ4v) is 4.30. The van der Waals surface area contributed by atoms with E-state index in [-0.39, 0.29) is 12.2 Å². The van der Waals surface area contributed by atoms with Crippen molar-refractivity contribution in [3.63, 3.8) is 0 Å². The number of ether oxygens (including phenoxy) is 2. The van der Waals surface area contributed by atoms with Crippen LogP contribution in [0.2, 0.25) is 0 Å². The van der Waals surface area contributed by atoms with Crippen molar-refractivity contribution in [1.82, 2.24) is 9.55 Å². The minimum Gasteiger partial charge on any atom is -0.492 e. The zero-order valence-corrected chi connectivity index (χ0v) is 18.1. The number of fused-ring (bicyclic) bond motifs is 1. The first kappa shape index (κ1) is 20.8. The van der Waals surface area contributed by atoms with Gasteiger partial charge in [0.25, 0.3) is 5.56 Å². The van der Waals surface area contributed by atoms with Gasteiger partial charge >= 0.3 is 5.97 Å². The lowest BCUT2D eigenvalue weighted by atomic mass is 10.2. The van der Waals surface area contributed by atoms with Crippen molar-refractivity contribution in [1.29, 1.82) is 0 Å². The summed E-state index contributed by atoms with van der Waals surface area (Å²) in [5.74, 6) is 0.315. The highest BCUT2D eigenvalue weighted by Crippen LogP contribution is 2.27. The molecule has 0 aliphatic carbocycles. The van der Waals surface area contributed by atoms with Crippen molar-refractivity contribution in [3.05, 3.63) is 92.8 Å². The monoisotopic (exact) mass is 434 g/mol. The Hall–Kier alpha value is -3.45. The molecule has 0 atom stereocenters. The Labute approximate surface area is 183 Å². The summed E-state index contributed by atoms with van der Waals surface area (Å²) in [5.41, 5.74) is 2.43. The number of aryl methyl sites for hydroxylation is 2. The van der Waals surface area contributed by atoms with E-state index in [0.29, 0.717) is 33.8 Å². The van der Waals surface area contributed by atoms with E-state index >= 15 is 0 Å². The van der Waals surface area contributed by atoms with Crippen LogP contribution in [0.4, 0.5) is 0 Å². The summed E-state index contributed by atoms with van der Waals surface area (Å²) in [6.07, 6.45) is 1.50. The predicted molar refractivity (Wildman–Crippen MR) is 121 cm³/mol. The van der Waals surface area contributed by atoms with Crippen LogP contribution >= 0.6 is 11.3 Å². The molecular formula is C24H22N2O4S. The first-order valence-corrected chi connectivity index (χ1v) is 10.7. The summed E-state index contributed by atoms with van der Waals surface area (Å²) in [6.45, 7) is 4.64. The van der Waals surface area contributed by atoms with Crippen LogP contribution in [-0.4, -0.2) is 22.1 Å². The van der Waals surface area contributed by atoms with E-state index in [1.165, 1.54) is 22.2 Å². The molecule has 0 bridgehead atoms. The van der Waals surface area contributed by atoms with Gasteiger partial charge in [-0.2, -0.15) is 0 Å². The second kappa shape index (κ2) is 9.14. The molecule has 6 nitrogen and oxygen atoms in total. The van der Waals surface area contributed by atoms with Gasteiger partial charge in [0.2, 0.25) is 0 Å². The van der Waals surface area contributed by atoms with Crippen molar-refractivity contribution in [2.75, 3.05) is 6.61 Å². The van der Waals surface area contributed by atoms with E-state index in [0.717, 1.165) is 16.9 Å². The third kappa shape index (κ3) is 4.67. The maximum Gasteiger partial charge on any atom is 0.349 e. The maximum absolute atomic E-state index is 13.0. The molecule has 0 fully saturated rings. The van der Waals surface area contributed by atoms with Crippen LogP contribution in [0, 0.1) is 13.8 Å². The highest BCUT2D eigenvalue weighted by molar-refractivity contribution is 7.20. The van der Waals surface area contributed by atoms with E-state index in [1.807, 2.05) is 61.5 Å². The van der Waals surface area contributed by atoms with E-state index in [9.17, 15) is 9.59 Å². The van der Waals surface area contributed by atoms with Crippen molar-refractivity contribution < 1.29 is 14.3 Å². The number of aromatic nitrogens is 2. The van der Waals surface area contributed by atoms with Gasteiger partial charge < -0.3 is 9.47 Å². The molecule has 0 N–H and O–H groups in total. The maximum atomic E-state index is 13.0. The van der Waals surface area contributed by atoms with Crippen LogP contribution in [0.1, 0.15) is 26.4 Å². The second-order valence-electron chi connectivity index (χ2n) is 7.21. The summed E-state index contributed by atoms with van der Waals surface area (Å²) >= 11 is 1.18. The first-order chi connectivity index (χ1) is 15.0. The molecule has 158 valence electrons. The lowest BCUT2D eigenvalue weighted by Gasteiger charge is -2.08. The standard InChI is InChI=1S/C24H22N2O4S/c1-16-7-6-10-19(13-16)29-12-11-26-15-25-22-20(23(26)27)17(2)21(31-22)24(28)30-14-18-8-4-3-5-9-18/h3-10,13,15H,11-12,14H2,1-2H3. The van der Waals surface area contributed by atoms with Gasteiger partial charge in [-0.25, -0.2) is 9.78 Å². The van der Waals surface area contributed by atoms with Gasteiger partial charge in [-0.15, -0.1) is 11.3 Å². The highest BCUT2D eigenvalue weighted by Gasteiger charge is 2.20. The molecular weight excluding hydrogens is 412 g/mol. The Bertz CT molecular complexity index is 1280. The summed E-state index contributed by atoms with van der Waals surface area (Å²) in [5, 5.41) is 0.453. The number of rotatable bonds is 7. The van der Waals surface area contributed by atoms with Crippen molar-refractivity contribution >= 4 is 27.5 Å². The van der Waals surface area contributed by atoms with Crippen LogP contribution < -0.4 is 10.3 Å². The Kier molecular flexibility index (Phi) is 6.13. The third-order valence-electron chi connectivity index (χ3n) is 4.91.